The highest BCUT2D eigenvalue weighted by Gasteiger charge is 2.05. The summed E-state index contributed by atoms with van der Waals surface area (Å²) in [5, 5.41) is 0. The number of rotatable bonds is 6. The standard InChI is InChI=1S/C10H16ClNOS/c1-13-6-2-3-8(12)7-9-4-5-10(11)14-9/h4-5,8H,2-3,6-7,12H2,1H3. The maximum Gasteiger partial charge on any atom is 0.0931 e. The predicted octanol–water partition coefficient (Wildman–Crippen LogP) is 2.70. The second-order valence-electron chi connectivity index (χ2n) is 3.31. The smallest absolute Gasteiger partial charge is 0.0931 e. The molecule has 0 spiro atoms. The van der Waals surface area contributed by atoms with Crippen LogP contribution >= 0.6 is 22.9 Å². The lowest BCUT2D eigenvalue weighted by molar-refractivity contribution is 0.190. The van der Waals surface area contributed by atoms with Crippen LogP contribution < -0.4 is 5.73 Å². The third-order valence-electron chi connectivity index (χ3n) is 2.02. The molecule has 0 saturated heterocycles. The summed E-state index contributed by atoms with van der Waals surface area (Å²) in [6.45, 7) is 0.791. The molecule has 0 aliphatic rings. The van der Waals surface area contributed by atoms with Gasteiger partial charge in [0.2, 0.25) is 0 Å². The monoisotopic (exact) mass is 233 g/mol. The van der Waals surface area contributed by atoms with Crippen LogP contribution in [0.5, 0.6) is 0 Å². The molecule has 1 heterocycles. The lowest BCUT2D eigenvalue weighted by Crippen LogP contribution is -2.22. The summed E-state index contributed by atoms with van der Waals surface area (Å²) in [5.74, 6) is 0. The van der Waals surface area contributed by atoms with E-state index in [1.807, 2.05) is 12.1 Å². The Morgan fingerprint density at radius 1 is 1.57 bits per heavy atom. The number of thiophene rings is 1. The Kier molecular flexibility index (Phi) is 5.48. The van der Waals surface area contributed by atoms with Gasteiger partial charge in [0.25, 0.3) is 0 Å². The van der Waals surface area contributed by atoms with Crippen molar-refractivity contribution >= 4 is 22.9 Å². The SMILES string of the molecule is COCCCC(N)Cc1ccc(Cl)s1. The molecule has 0 fully saturated rings. The van der Waals surface area contributed by atoms with E-state index in [9.17, 15) is 0 Å². The number of halogens is 1. The molecule has 2 N–H and O–H groups in total. The second-order valence-corrected chi connectivity index (χ2v) is 5.10. The summed E-state index contributed by atoms with van der Waals surface area (Å²) < 4.78 is 5.81. The second kappa shape index (κ2) is 6.40. The van der Waals surface area contributed by atoms with E-state index in [1.54, 1.807) is 18.4 Å². The van der Waals surface area contributed by atoms with Gasteiger partial charge in [0.1, 0.15) is 0 Å². The van der Waals surface area contributed by atoms with Gasteiger partial charge in [-0.25, -0.2) is 0 Å². The van der Waals surface area contributed by atoms with Crippen LogP contribution in [0.4, 0.5) is 0 Å². The van der Waals surface area contributed by atoms with E-state index in [-0.39, 0.29) is 6.04 Å². The van der Waals surface area contributed by atoms with Gasteiger partial charge in [-0.2, -0.15) is 0 Å². The highest BCUT2D eigenvalue weighted by atomic mass is 35.5. The van der Waals surface area contributed by atoms with Crippen LogP contribution in [0.2, 0.25) is 4.34 Å². The molecule has 0 amide bonds. The number of methoxy groups -OCH3 is 1. The van der Waals surface area contributed by atoms with Crippen molar-refractivity contribution in [2.24, 2.45) is 5.73 Å². The topological polar surface area (TPSA) is 35.2 Å². The van der Waals surface area contributed by atoms with Gasteiger partial charge in [0.15, 0.2) is 0 Å². The highest BCUT2D eigenvalue weighted by molar-refractivity contribution is 7.16. The molecule has 1 atom stereocenters. The van der Waals surface area contributed by atoms with Crippen LogP contribution in [-0.2, 0) is 11.2 Å². The van der Waals surface area contributed by atoms with Crippen molar-refractivity contribution < 1.29 is 4.74 Å². The summed E-state index contributed by atoms with van der Waals surface area (Å²) in [7, 11) is 1.71. The van der Waals surface area contributed by atoms with Crippen LogP contribution in [0.15, 0.2) is 12.1 Å². The molecule has 0 bridgehead atoms. The fraction of sp³-hybridized carbons (Fsp3) is 0.600. The zero-order valence-electron chi connectivity index (χ0n) is 8.33. The van der Waals surface area contributed by atoms with Crippen LogP contribution in [0.1, 0.15) is 17.7 Å². The molecule has 1 rings (SSSR count). The lowest BCUT2D eigenvalue weighted by atomic mass is 10.1. The average Bonchev–Trinajstić information content (AvgIpc) is 2.52. The fourth-order valence-electron chi connectivity index (χ4n) is 1.31. The van der Waals surface area contributed by atoms with Crippen LogP contribution in [0.25, 0.3) is 0 Å². The minimum atomic E-state index is 0.222. The van der Waals surface area contributed by atoms with Crippen molar-refractivity contribution in [3.05, 3.63) is 21.3 Å². The first-order valence-corrected chi connectivity index (χ1v) is 5.90. The molecule has 0 aliphatic heterocycles. The minimum Gasteiger partial charge on any atom is -0.385 e. The zero-order chi connectivity index (χ0) is 10.4. The average molecular weight is 234 g/mol. The first kappa shape index (κ1) is 12.0. The number of hydrogen-bond donors (Lipinski definition) is 1. The molecule has 1 unspecified atom stereocenters. The Morgan fingerprint density at radius 2 is 2.36 bits per heavy atom. The van der Waals surface area contributed by atoms with Crippen molar-refractivity contribution in [3.63, 3.8) is 0 Å². The van der Waals surface area contributed by atoms with Gasteiger partial charge in [-0.3, -0.25) is 0 Å². The number of ether oxygens (including phenoxy) is 1. The molecule has 1 aromatic heterocycles. The largest absolute Gasteiger partial charge is 0.385 e. The van der Waals surface area contributed by atoms with Crippen molar-refractivity contribution in [2.75, 3.05) is 13.7 Å². The normalized spacial score (nSPS) is 13.1. The Morgan fingerprint density at radius 3 is 2.93 bits per heavy atom. The van der Waals surface area contributed by atoms with Crippen LogP contribution in [0, 0.1) is 0 Å². The van der Waals surface area contributed by atoms with E-state index in [2.05, 4.69) is 0 Å². The van der Waals surface area contributed by atoms with Crippen LogP contribution in [-0.4, -0.2) is 19.8 Å². The molecule has 0 saturated carbocycles. The molecule has 4 heteroatoms. The summed E-state index contributed by atoms with van der Waals surface area (Å²) >= 11 is 7.44. The summed E-state index contributed by atoms with van der Waals surface area (Å²) in [6, 6.07) is 4.19. The maximum atomic E-state index is 5.96. The molecular weight excluding hydrogens is 218 g/mol. The molecule has 14 heavy (non-hydrogen) atoms. The third-order valence-corrected chi connectivity index (χ3v) is 3.27. The Hall–Kier alpha value is -0.0900. The van der Waals surface area contributed by atoms with E-state index in [4.69, 9.17) is 22.1 Å². The Bertz CT molecular complexity index is 264. The van der Waals surface area contributed by atoms with Gasteiger partial charge in [0, 0.05) is 24.6 Å². The molecule has 2 nitrogen and oxygen atoms in total. The Balaban J connectivity index is 2.23. The fourth-order valence-corrected chi connectivity index (χ4v) is 2.49. The van der Waals surface area contributed by atoms with Gasteiger partial charge in [-0.05, 0) is 31.4 Å². The van der Waals surface area contributed by atoms with E-state index in [1.165, 1.54) is 4.88 Å². The van der Waals surface area contributed by atoms with Gasteiger partial charge in [-0.15, -0.1) is 11.3 Å². The van der Waals surface area contributed by atoms with Crippen molar-refractivity contribution in [1.29, 1.82) is 0 Å². The predicted molar refractivity (Wildman–Crippen MR) is 62.1 cm³/mol. The first-order chi connectivity index (χ1) is 6.72. The summed E-state index contributed by atoms with van der Waals surface area (Å²) in [4.78, 5) is 1.26. The van der Waals surface area contributed by atoms with Gasteiger partial charge in [-0.1, -0.05) is 11.6 Å². The van der Waals surface area contributed by atoms with Crippen molar-refractivity contribution in [1.82, 2.24) is 0 Å². The molecular formula is C10H16ClNOS. The molecule has 0 radical (unpaired) electrons. The van der Waals surface area contributed by atoms with Gasteiger partial charge < -0.3 is 10.5 Å². The Labute approximate surface area is 94.0 Å². The van der Waals surface area contributed by atoms with E-state index in [0.29, 0.717) is 0 Å². The van der Waals surface area contributed by atoms with Gasteiger partial charge in [0.05, 0.1) is 4.34 Å². The highest BCUT2D eigenvalue weighted by Crippen LogP contribution is 2.22. The summed E-state index contributed by atoms with van der Waals surface area (Å²) in [6.07, 6.45) is 2.95. The lowest BCUT2D eigenvalue weighted by Gasteiger charge is -2.09. The van der Waals surface area contributed by atoms with E-state index >= 15 is 0 Å². The van der Waals surface area contributed by atoms with Crippen LogP contribution in [0.3, 0.4) is 0 Å². The molecule has 80 valence electrons. The maximum absolute atomic E-state index is 5.96. The number of nitrogens with two attached hydrogens (primary N) is 1. The zero-order valence-corrected chi connectivity index (χ0v) is 9.90. The number of hydrogen-bond acceptors (Lipinski definition) is 3. The first-order valence-electron chi connectivity index (χ1n) is 4.71. The minimum absolute atomic E-state index is 0.222. The summed E-state index contributed by atoms with van der Waals surface area (Å²) in [5.41, 5.74) is 5.96. The third kappa shape index (κ3) is 4.42. The molecule has 1 aromatic rings. The van der Waals surface area contributed by atoms with Crippen molar-refractivity contribution in [3.8, 4) is 0 Å². The van der Waals surface area contributed by atoms with E-state index < -0.39 is 0 Å². The molecule has 0 aliphatic carbocycles. The van der Waals surface area contributed by atoms with E-state index in [0.717, 1.165) is 30.2 Å². The quantitative estimate of drug-likeness (QED) is 0.767. The molecule has 0 aromatic carbocycles. The van der Waals surface area contributed by atoms with Gasteiger partial charge >= 0.3 is 0 Å². The van der Waals surface area contributed by atoms with Crippen molar-refractivity contribution in [2.45, 2.75) is 25.3 Å².